The maximum Gasteiger partial charge on any atom is 0.338 e. The van der Waals surface area contributed by atoms with E-state index in [1.165, 1.54) is 0 Å². The number of anilines is 1. The van der Waals surface area contributed by atoms with E-state index in [1.807, 2.05) is 38.1 Å². The van der Waals surface area contributed by atoms with Crippen molar-refractivity contribution in [1.82, 2.24) is 0 Å². The van der Waals surface area contributed by atoms with Crippen molar-refractivity contribution in [3.63, 3.8) is 0 Å². The fourth-order valence-corrected chi connectivity index (χ4v) is 2.57. The molecule has 0 aromatic heterocycles. The van der Waals surface area contributed by atoms with E-state index < -0.39 is 12.1 Å². The lowest BCUT2D eigenvalue weighted by Crippen LogP contribution is -2.30. The van der Waals surface area contributed by atoms with Gasteiger partial charge in [-0.1, -0.05) is 32.0 Å². The molecule has 0 heterocycles. The summed E-state index contributed by atoms with van der Waals surface area (Å²) in [6.45, 7) is 9.53. The molecule has 0 fully saturated rings. The SMILES string of the molecule is CC(C)Oc1ccc(C(=O)O[C@H](C)C(=O)Nc2ccccc2C(C)C)cc1. The van der Waals surface area contributed by atoms with Gasteiger partial charge in [0, 0.05) is 5.69 Å². The quantitative estimate of drug-likeness (QED) is 0.713. The third kappa shape index (κ3) is 5.84. The van der Waals surface area contributed by atoms with Crippen LogP contribution in [0, 0.1) is 0 Å². The number of amides is 1. The minimum atomic E-state index is -0.913. The zero-order chi connectivity index (χ0) is 20.0. The van der Waals surface area contributed by atoms with Gasteiger partial charge in [-0.2, -0.15) is 0 Å². The van der Waals surface area contributed by atoms with Gasteiger partial charge in [-0.3, -0.25) is 4.79 Å². The zero-order valence-corrected chi connectivity index (χ0v) is 16.5. The van der Waals surface area contributed by atoms with Gasteiger partial charge >= 0.3 is 5.97 Å². The lowest BCUT2D eigenvalue weighted by atomic mass is 10.0. The van der Waals surface area contributed by atoms with Gasteiger partial charge in [-0.05, 0) is 62.6 Å². The first-order valence-corrected chi connectivity index (χ1v) is 9.15. The molecule has 1 N–H and O–H groups in total. The Kier molecular flexibility index (Phi) is 6.99. The molecule has 1 atom stereocenters. The van der Waals surface area contributed by atoms with Crippen LogP contribution >= 0.6 is 0 Å². The van der Waals surface area contributed by atoms with E-state index >= 15 is 0 Å². The van der Waals surface area contributed by atoms with Gasteiger partial charge in [-0.25, -0.2) is 4.79 Å². The highest BCUT2D eigenvalue weighted by atomic mass is 16.5. The minimum absolute atomic E-state index is 0.0558. The Morgan fingerprint density at radius 2 is 1.52 bits per heavy atom. The number of rotatable bonds is 7. The lowest BCUT2D eigenvalue weighted by Gasteiger charge is -2.17. The fraction of sp³-hybridized carbons (Fsp3) is 0.364. The van der Waals surface area contributed by atoms with Crippen molar-refractivity contribution in [3.05, 3.63) is 59.7 Å². The van der Waals surface area contributed by atoms with Gasteiger partial charge in [0.05, 0.1) is 11.7 Å². The Labute approximate surface area is 160 Å². The van der Waals surface area contributed by atoms with Crippen LogP contribution in [0.1, 0.15) is 56.5 Å². The van der Waals surface area contributed by atoms with E-state index in [2.05, 4.69) is 19.2 Å². The van der Waals surface area contributed by atoms with Crippen molar-refractivity contribution in [2.45, 2.75) is 52.7 Å². The number of carbonyl (C=O) groups excluding carboxylic acids is 2. The predicted octanol–water partition coefficient (Wildman–Crippen LogP) is 4.78. The molecule has 0 aliphatic heterocycles. The highest BCUT2D eigenvalue weighted by Gasteiger charge is 2.20. The van der Waals surface area contributed by atoms with Crippen LogP contribution in [0.15, 0.2) is 48.5 Å². The molecule has 0 unspecified atom stereocenters. The number of hydrogen-bond acceptors (Lipinski definition) is 4. The Balaban J connectivity index is 1.98. The van der Waals surface area contributed by atoms with Gasteiger partial charge in [-0.15, -0.1) is 0 Å². The third-order valence-corrected chi connectivity index (χ3v) is 3.96. The maximum absolute atomic E-state index is 12.4. The molecule has 2 rings (SSSR count). The molecule has 0 saturated carbocycles. The smallest absolute Gasteiger partial charge is 0.338 e. The van der Waals surface area contributed by atoms with Crippen LogP contribution in [0.2, 0.25) is 0 Å². The lowest BCUT2D eigenvalue weighted by molar-refractivity contribution is -0.123. The van der Waals surface area contributed by atoms with Crippen molar-refractivity contribution in [2.75, 3.05) is 5.32 Å². The van der Waals surface area contributed by atoms with Crippen molar-refractivity contribution in [2.24, 2.45) is 0 Å². The molecule has 27 heavy (non-hydrogen) atoms. The number of esters is 1. The molecule has 1 amide bonds. The molecule has 0 saturated heterocycles. The molecule has 0 spiro atoms. The number of hydrogen-bond donors (Lipinski definition) is 1. The van der Waals surface area contributed by atoms with Gasteiger partial charge in [0.1, 0.15) is 5.75 Å². The topological polar surface area (TPSA) is 64.6 Å². The molecular formula is C22H27NO4. The van der Waals surface area contributed by atoms with Crippen molar-refractivity contribution in [3.8, 4) is 5.75 Å². The summed E-state index contributed by atoms with van der Waals surface area (Å²) >= 11 is 0. The summed E-state index contributed by atoms with van der Waals surface area (Å²) in [7, 11) is 0. The number of ether oxygens (including phenoxy) is 2. The molecule has 5 heteroatoms. The summed E-state index contributed by atoms with van der Waals surface area (Å²) in [6.07, 6.45) is -0.857. The summed E-state index contributed by atoms with van der Waals surface area (Å²) in [5.41, 5.74) is 2.13. The Morgan fingerprint density at radius 3 is 2.11 bits per heavy atom. The molecule has 0 aliphatic rings. The number of nitrogens with one attached hydrogen (secondary N) is 1. The predicted molar refractivity (Wildman–Crippen MR) is 106 cm³/mol. The highest BCUT2D eigenvalue weighted by molar-refractivity contribution is 5.97. The molecule has 0 radical (unpaired) electrons. The van der Waals surface area contributed by atoms with Gasteiger partial charge < -0.3 is 14.8 Å². The molecule has 0 bridgehead atoms. The van der Waals surface area contributed by atoms with Crippen LogP contribution in [-0.2, 0) is 9.53 Å². The van der Waals surface area contributed by atoms with Gasteiger partial charge in [0.15, 0.2) is 6.10 Å². The van der Waals surface area contributed by atoms with E-state index in [0.717, 1.165) is 11.3 Å². The molecule has 2 aromatic rings. The fourth-order valence-electron chi connectivity index (χ4n) is 2.57. The summed E-state index contributed by atoms with van der Waals surface area (Å²) < 4.78 is 10.8. The van der Waals surface area contributed by atoms with Crippen molar-refractivity contribution in [1.29, 1.82) is 0 Å². The Morgan fingerprint density at radius 1 is 0.889 bits per heavy atom. The highest BCUT2D eigenvalue weighted by Crippen LogP contribution is 2.24. The zero-order valence-electron chi connectivity index (χ0n) is 16.5. The Bertz CT molecular complexity index is 781. The average Bonchev–Trinajstić information content (AvgIpc) is 2.61. The summed E-state index contributed by atoms with van der Waals surface area (Å²) in [4.78, 5) is 24.7. The standard InChI is InChI=1S/C22H27NO4/c1-14(2)19-8-6-7-9-20(19)23-21(24)16(5)27-22(25)17-10-12-18(13-11-17)26-15(3)4/h6-16H,1-5H3,(H,23,24)/t16-/m1/s1. The first-order chi connectivity index (χ1) is 12.8. The summed E-state index contributed by atoms with van der Waals surface area (Å²) in [5.74, 6) is 0.0330. The molecule has 0 aliphatic carbocycles. The normalized spacial score (nSPS) is 12.0. The second-order valence-corrected chi connectivity index (χ2v) is 6.97. The molecule has 2 aromatic carbocycles. The number of para-hydroxylation sites is 1. The summed E-state index contributed by atoms with van der Waals surface area (Å²) in [6, 6.07) is 14.3. The third-order valence-electron chi connectivity index (χ3n) is 3.96. The molecule has 144 valence electrons. The van der Waals surface area contributed by atoms with Gasteiger partial charge in [0.25, 0.3) is 5.91 Å². The van der Waals surface area contributed by atoms with Crippen LogP contribution in [0.3, 0.4) is 0 Å². The first-order valence-electron chi connectivity index (χ1n) is 9.15. The first kappa shape index (κ1) is 20.5. The van der Waals surface area contributed by atoms with Crippen LogP contribution in [0.5, 0.6) is 5.75 Å². The van der Waals surface area contributed by atoms with Crippen LogP contribution in [0.25, 0.3) is 0 Å². The van der Waals surface area contributed by atoms with Gasteiger partial charge in [0.2, 0.25) is 0 Å². The van der Waals surface area contributed by atoms with Crippen molar-refractivity contribution >= 4 is 17.6 Å². The monoisotopic (exact) mass is 369 g/mol. The second kappa shape index (κ2) is 9.21. The molecular weight excluding hydrogens is 342 g/mol. The van der Waals surface area contributed by atoms with Crippen molar-refractivity contribution < 1.29 is 19.1 Å². The van der Waals surface area contributed by atoms with Crippen LogP contribution < -0.4 is 10.1 Å². The average molecular weight is 369 g/mol. The second-order valence-electron chi connectivity index (χ2n) is 6.97. The minimum Gasteiger partial charge on any atom is -0.491 e. The van der Waals surface area contributed by atoms with Crippen LogP contribution in [0.4, 0.5) is 5.69 Å². The number of carbonyl (C=O) groups is 2. The number of benzene rings is 2. The Hall–Kier alpha value is -2.82. The summed E-state index contributed by atoms with van der Waals surface area (Å²) in [5, 5.41) is 2.84. The maximum atomic E-state index is 12.4. The molecule has 5 nitrogen and oxygen atoms in total. The van der Waals surface area contributed by atoms with E-state index in [-0.39, 0.29) is 17.9 Å². The van der Waals surface area contributed by atoms with E-state index in [9.17, 15) is 9.59 Å². The van der Waals surface area contributed by atoms with E-state index in [1.54, 1.807) is 31.2 Å². The van der Waals surface area contributed by atoms with Crippen LogP contribution in [-0.4, -0.2) is 24.1 Å². The van der Waals surface area contributed by atoms with E-state index in [0.29, 0.717) is 11.3 Å². The largest absolute Gasteiger partial charge is 0.491 e. The van der Waals surface area contributed by atoms with E-state index in [4.69, 9.17) is 9.47 Å².